The number of Topliss-reactive ketones (excluding diaryl/α,β-unsaturated/α-hetero) is 1. The molecule has 0 spiro atoms. The van der Waals surface area contributed by atoms with Gasteiger partial charge in [0.25, 0.3) is 11.7 Å². The van der Waals surface area contributed by atoms with Crippen LogP contribution in [0.25, 0.3) is 5.76 Å². The summed E-state index contributed by atoms with van der Waals surface area (Å²) in [6.45, 7) is 3.22. The molecular formula is C24H25NO8. The zero-order chi connectivity index (χ0) is 23.5. The summed E-state index contributed by atoms with van der Waals surface area (Å²) in [4.78, 5) is 27.3. The lowest BCUT2D eigenvalue weighted by Gasteiger charge is -2.25. The van der Waals surface area contributed by atoms with E-state index in [0.29, 0.717) is 42.4 Å². The fraction of sp³-hybridized carbons (Fsp3) is 0.333. The third-order valence-corrected chi connectivity index (χ3v) is 5.49. The second-order valence-corrected chi connectivity index (χ2v) is 7.50. The molecule has 2 aliphatic rings. The van der Waals surface area contributed by atoms with Gasteiger partial charge in [-0.15, -0.1) is 0 Å². The summed E-state index contributed by atoms with van der Waals surface area (Å²) in [6, 6.07) is 8.51. The van der Waals surface area contributed by atoms with Gasteiger partial charge in [0.05, 0.1) is 24.8 Å². The highest BCUT2D eigenvalue weighted by atomic mass is 16.6. The maximum Gasteiger partial charge on any atom is 0.295 e. The van der Waals surface area contributed by atoms with Gasteiger partial charge in [0, 0.05) is 19.2 Å². The molecule has 9 heteroatoms. The highest BCUT2D eigenvalue weighted by Crippen LogP contribution is 2.42. The zero-order valence-electron chi connectivity index (χ0n) is 18.4. The molecule has 174 valence electrons. The third-order valence-electron chi connectivity index (χ3n) is 5.49. The second-order valence-electron chi connectivity index (χ2n) is 7.50. The highest BCUT2D eigenvalue weighted by molar-refractivity contribution is 6.46. The number of carbonyl (C=O) groups excluding carboxylic acids is 2. The predicted molar refractivity (Wildman–Crippen MR) is 118 cm³/mol. The molecule has 1 atom stereocenters. The number of ketones is 1. The average Bonchev–Trinajstić information content (AvgIpc) is 3.08. The number of nitrogens with zero attached hydrogens (tertiary/aromatic N) is 1. The van der Waals surface area contributed by atoms with Gasteiger partial charge < -0.3 is 34.1 Å². The maximum atomic E-state index is 13.1. The largest absolute Gasteiger partial charge is 0.507 e. The van der Waals surface area contributed by atoms with Gasteiger partial charge in [-0.3, -0.25) is 9.59 Å². The van der Waals surface area contributed by atoms with E-state index in [9.17, 15) is 19.8 Å². The Balaban J connectivity index is 1.84. The fourth-order valence-electron chi connectivity index (χ4n) is 3.96. The number of rotatable bonds is 7. The molecule has 0 bridgehead atoms. The summed E-state index contributed by atoms with van der Waals surface area (Å²) in [5.41, 5.74) is 0.754. The van der Waals surface area contributed by atoms with Crippen LogP contribution in [-0.2, 0) is 14.3 Å². The van der Waals surface area contributed by atoms with Crippen LogP contribution in [0.2, 0.25) is 0 Å². The van der Waals surface area contributed by atoms with Crippen molar-refractivity contribution >= 4 is 17.4 Å². The Bertz CT molecular complexity index is 1110. The number of fused-ring (bicyclic) bond motifs is 1. The molecule has 1 saturated heterocycles. The number of aliphatic hydroxyl groups is 1. The normalized spacial score (nSPS) is 19.1. The third kappa shape index (κ3) is 4.19. The Morgan fingerprint density at radius 1 is 1.12 bits per heavy atom. The molecule has 1 amide bonds. The number of phenols is 1. The SMILES string of the molecule is CCOc1cc(C2C(=C(O)c3ccc4c(c3)OCCO4)C(=O)C(=O)N2CCOC)ccc1O. The van der Waals surface area contributed by atoms with Crippen LogP contribution >= 0.6 is 0 Å². The summed E-state index contributed by atoms with van der Waals surface area (Å²) >= 11 is 0. The average molecular weight is 455 g/mol. The van der Waals surface area contributed by atoms with E-state index < -0.39 is 17.7 Å². The van der Waals surface area contributed by atoms with E-state index >= 15 is 0 Å². The van der Waals surface area contributed by atoms with Crippen LogP contribution in [0, 0.1) is 0 Å². The van der Waals surface area contributed by atoms with Crippen LogP contribution in [0.15, 0.2) is 42.0 Å². The van der Waals surface area contributed by atoms with Crippen molar-refractivity contribution in [2.45, 2.75) is 13.0 Å². The molecule has 33 heavy (non-hydrogen) atoms. The number of benzene rings is 2. The van der Waals surface area contributed by atoms with E-state index in [1.807, 2.05) is 0 Å². The van der Waals surface area contributed by atoms with Crippen molar-refractivity contribution in [3.63, 3.8) is 0 Å². The number of amides is 1. The Morgan fingerprint density at radius 2 is 1.88 bits per heavy atom. The van der Waals surface area contributed by atoms with Crippen molar-refractivity contribution in [1.29, 1.82) is 0 Å². The van der Waals surface area contributed by atoms with Gasteiger partial charge in [-0.1, -0.05) is 6.07 Å². The minimum Gasteiger partial charge on any atom is -0.507 e. The molecule has 2 aliphatic heterocycles. The Labute approximate surface area is 190 Å². The second kappa shape index (κ2) is 9.41. The molecule has 9 nitrogen and oxygen atoms in total. The topological polar surface area (TPSA) is 115 Å². The molecule has 0 aliphatic carbocycles. The number of aromatic hydroxyl groups is 1. The highest BCUT2D eigenvalue weighted by Gasteiger charge is 2.46. The number of methoxy groups -OCH3 is 1. The summed E-state index contributed by atoms with van der Waals surface area (Å²) in [5.74, 6) is -0.764. The van der Waals surface area contributed by atoms with Gasteiger partial charge >= 0.3 is 0 Å². The van der Waals surface area contributed by atoms with E-state index in [2.05, 4.69) is 0 Å². The number of ether oxygens (including phenoxy) is 4. The molecule has 1 unspecified atom stereocenters. The first-order chi connectivity index (χ1) is 16.0. The molecule has 2 aromatic rings. The van der Waals surface area contributed by atoms with Gasteiger partial charge in [-0.25, -0.2) is 0 Å². The van der Waals surface area contributed by atoms with Gasteiger partial charge in [0.1, 0.15) is 19.0 Å². The van der Waals surface area contributed by atoms with Crippen molar-refractivity contribution < 1.29 is 38.7 Å². The number of likely N-dealkylation sites (tertiary alicyclic amines) is 1. The minimum absolute atomic E-state index is 0.0683. The lowest BCUT2D eigenvalue weighted by atomic mass is 9.95. The van der Waals surface area contributed by atoms with Crippen molar-refractivity contribution in [1.82, 2.24) is 4.90 Å². The van der Waals surface area contributed by atoms with Crippen LogP contribution in [0.3, 0.4) is 0 Å². The first-order valence-corrected chi connectivity index (χ1v) is 10.6. The molecule has 4 rings (SSSR count). The van der Waals surface area contributed by atoms with E-state index in [1.54, 1.807) is 37.3 Å². The van der Waals surface area contributed by atoms with Crippen molar-refractivity contribution in [3.8, 4) is 23.0 Å². The van der Waals surface area contributed by atoms with Gasteiger partial charge in [0.2, 0.25) is 0 Å². The van der Waals surface area contributed by atoms with Crippen LogP contribution < -0.4 is 14.2 Å². The van der Waals surface area contributed by atoms with Crippen LogP contribution in [-0.4, -0.2) is 66.9 Å². The van der Waals surface area contributed by atoms with Gasteiger partial charge in [-0.2, -0.15) is 0 Å². The number of hydrogen-bond acceptors (Lipinski definition) is 8. The molecule has 1 fully saturated rings. The number of hydrogen-bond donors (Lipinski definition) is 2. The van der Waals surface area contributed by atoms with Crippen LogP contribution in [0.4, 0.5) is 0 Å². The molecule has 2 heterocycles. The predicted octanol–water partition coefficient (Wildman–Crippen LogP) is 2.63. The Kier molecular flexibility index (Phi) is 6.41. The summed E-state index contributed by atoms with van der Waals surface area (Å²) in [5, 5.41) is 21.3. The monoisotopic (exact) mass is 455 g/mol. The molecule has 0 aromatic heterocycles. The minimum atomic E-state index is -0.895. The summed E-state index contributed by atoms with van der Waals surface area (Å²) in [6.07, 6.45) is 0. The Hall–Kier alpha value is -3.72. The smallest absolute Gasteiger partial charge is 0.295 e. The van der Waals surface area contributed by atoms with E-state index in [4.69, 9.17) is 18.9 Å². The standard InChI is InChI=1S/C24H25NO8/c1-3-31-18-12-14(4-6-16(18)26)21-20(23(28)24(29)25(21)8-9-30-2)22(27)15-5-7-17-19(13-15)33-11-10-32-17/h4-7,12-13,21,26-27H,3,8-11H2,1-2H3. The zero-order valence-corrected chi connectivity index (χ0v) is 18.4. The van der Waals surface area contributed by atoms with Gasteiger partial charge in [-0.05, 0) is 42.8 Å². The molecule has 2 aromatic carbocycles. The fourth-order valence-corrected chi connectivity index (χ4v) is 3.96. The van der Waals surface area contributed by atoms with Crippen molar-refractivity contribution in [2.24, 2.45) is 0 Å². The Morgan fingerprint density at radius 3 is 2.61 bits per heavy atom. The number of aliphatic hydroxyl groups excluding tert-OH is 1. The van der Waals surface area contributed by atoms with Crippen molar-refractivity contribution in [2.75, 3.05) is 40.1 Å². The maximum absolute atomic E-state index is 13.1. The van der Waals surface area contributed by atoms with Crippen LogP contribution in [0.5, 0.6) is 23.0 Å². The van der Waals surface area contributed by atoms with Crippen molar-refractivity contribution in [3.05, 3.63) is 53.1 Å². The summed E-state index contributed by atoms with van der Waals surface area (Å²) < 4.78 is 21.7. The van der Waals surface area contributed by atoms with Gasteiger partial charge in [0.15, 0.2) is 23.0 Å². The van der Waals surface area contributed by atoms with E-state index in [1.165, 1.54) is 18.1 Å². The molecule has 0 saturated carbocycles. The molecular weight excluding hydrogens is 430 g/mol. The number of carbonyl (C=O) groups is 2. The quantitative estimate of drug-likeness (QED) is 0.372. The first-order valence-electron chi connectivity index (χ1n) is 10.6. The van der Waals surface area contributed by atoms with Crippen LogP contribution in [0.1, 0.15) is 24.1 Å². The first kappa shape index (κ1) is 22.5. The van der Waals surface area contributed by atoms with E-state index in [0.717, 1.165) is 0 Å². The lowest BCUT2D eigenvalue weighted by Crippen LogP contribution is -2.32. The summed E-state index contributed by atoms with van der Waals surface area (Å²) in [7, 11) is 1.49. The van der Waals surface area contributed by atoms with E-state index in [-0.39, 0.29) is 36.0 Å². The lowest BCUT2D eigenvalue weighted by molar-refractivity contribution is -0.140. The molecule has 0 radical (unpaired) electrons. The number of phenolic OH excluding ortho intramolecular Hbond substituents is 1. The molecule has 2 N–H and O–H groups in total.